The van der Waals surface area contributed by atoms with Crippen LogP contribution in [-0.4, -0.2) is 152 Å². The van der Waals surface area contributed by atoms with E-state index in [1.54, 1.807) is 86.9 Å². The van der Waals surface area contributed by atoms with Gasteiger partial charge >= 0.3 is 18.3 Å². The van der Waals surface area contributed by atoms with Crippen LogP contribution in [0.4, 0.5) is 14.4 Å². The van der Waals surface area contributed by atoms with Crippen molar-refractivity contribution in [3.05, 3.63) is 341 Å². The third-order valence-corrected chi connectivity index (χ3v) is 27.0. The number of carbonyl (C=O) groups excluding carboxylic acids is 5. The first-order valence-electron chi connectivity index (χ1n) is 43.0. The summed E-state index contributed by atoms with van der Waals surface area (Å²) in [5.74, 6) is 2.34. The number of hydrogen-bond acceptors (Lipinski definition) is 13. The van der Waals surface area contributed by atoms with Gasteiger partial charge in [0.15, 0.2) is 5.43 Å². The van der Waals surface area contributed by atoms with Gasteiger partial charge in [0.05, 0.1) is 57.7 Å². The summed E-state index contributed by atoms with van der Waals surface area (Å²) >= 11 is 29.2. The maximum Gasteiger partial charge on any atom is 0.410 e. The number of para-hydroxylation sites is 1. The number of halogens is 6. The number of methoxy groups -OCH3 is 3. The number of aromatic nitrogens is 5. The minimum absolute atomic E-state index is 0.0643. The molecule has 11 heterocycles. The van der Waals surface area contributed by atoms with Crippen molar-refractivity contribution in [2.45, 2.75) is 90.0 Å². The predicted octanol–water partition coefficient (Wildman–Crippen LogP) is 23.8. The quantitative estimate of drug-likeness (QED) is 0.0735. The van der Waals surface area contributed by atoms with E-state index < -0.39 is 12.1 Å². The highest BCUT2D eigenvalue weighted by Crippen LogP contribution is 2.47. The van der Waals surface area contributed by atoms with Crippen molar-refractivity contribution in [2.24, 2.45) is 0 Å². The van der Waals surface area contributed by atoms with Crippen LogP contribution in [0.1, 0.15) is 142 Å². The van der Waals surface area contributed by atoms with Gasteiger partial charge in [-0.1, -0.05) is 143 Å². The number of nitrogens with one attached hydrogen (secondary N) is 5. The zero-order valence-corrected chi connectivity index (χ0v) is 79.5. The first-order valence-corrected chi connectivity index (χ1v) is 46.5. The monoisotopic (exact) mass is 2010 g/mol. The van der Waals surface area contributed by atoms with Gasteiger partial charge in [0.1, 0.15) is 46.7 Å². The zero-order valence-electron chi connectivity index (χ0n) is 72.5. The lowest BCUT2D eigenvalue weighted by atomic mass is 9.92. The van der Waals surface area contributed by atoms with Gasteiger partial charge < -0.3 is 67.9 Å². The Bertz CT molecular complexity index is 7110. The molecule has 5 amide bonds. The number of nitrogens with zero attached hydrogens (tertiary/aromatic N) is 5. The number of rotatable bonds is 9. The van der Waals surface area contributed by atoms with Crippen LogP contribution in [0, 0.1) is 0 Å². The Morgan fingerprint density at radius 2 is 0.740 bits per heavy atom. The molecule has 21 rings (SSSR count). The molecule has 6 aromatic heterocycles. The molecule has 0 spiro atoms. The first-order chi connectivity index (χ1) is 63.4. The van der Waals surface area contributed by atoms with Crippen molar-refractivity contribution < 1.29 is 57.2 Å². The number of ether oxygens (including phenoxy) is 5. The number of aromatic hydroxyl groups is 1. The van der Waals surface area contributed by atoms with Gasteiger partial charge in [0.25, 0.3) is 0 Å². The molecule has 131 heavy (non-hydrogen) atoms. The van der Waals surface area contributed by atoms with Crippen LogP contribution in [0.15, 0.2) is 241 Å². The third-order valence-electron chi connectivity index (χ3n) is 24.8. The molecule has 23 nitrogen and oxygen atoms in total. The van der Waals surface area contributed by atoms with Crippen molar-refractivity contribution in [2.75, 3.05) is 67.3 Å². The Balaban J connectivity index is 0.000000115. The SMILES string of the molecule is CC(=O)N1CCc2c([nH]c3ccc(Br)cc23)C1c1ccc(Br)cc1.CCOC(=O)N1CCc2c([nH]c3ccc(Cl)cc23)C1c1cc(=O)c2ccccc2o1.CCOC(=O)N1CCc2c([nH]c3ccc(Cl)cc23)C1c1ccc(O)cc1.COC(=O)N1CCc2c([nH]c3ccc(Cl)cc23)C1c1cccc(OC)c1.COc1ccc(C2c3[nH]c4ccc(Br)cc4c3CCN2C(C)=O)cc1. The van der Waals surface area contributed by atoms with Crippen molar-refractivity contribution in [1.82, 2.24) is 49.4 Å². The van der Waals surface area contributed by atoms with Crippen LogP contribution in [-0.2, 0) is 55.9 Å². The second kappa shape index (κ2) is 38.9. The molecule has 0 radical (unpaired) electrons. The van der Waals surface area contributed by atoms with E-state index in [9.17, 15) is 33.9 Å². The maximum absolute atomic E-state index is 12.8. The van der Waals surface area contributed by atoms with E-state index in [1.165, 1.54) is 46.2 Å². The lowest BCUT2D eigenvalue weighted by Crippen LogP contribution is -2.41. The molecule has 5 aliphatic rings. The standard InChI is InChI=1S/C23H19ClN2O4.C20H19BrN2O2.2C20H19ClN2O3.C19H16Br2N2O/c1-2-29-23(28)26-10-9-14-16-11-13(24)7-8-17(16)25-21(14)22(26)20-12-18(27)15-5-3-4-6-19(15)30-20;1-12(24)23-10-9-16-17-11-14(21)5-8-18(17)22-19(16)20(23)13-3-6-15(25-2)7-4-13;1-25-14-5-3-4-12(10-14)19-18-15(8-9-23(19)20(24)26-2)16-11-13(21)6-7-17(16)22-18;1-2-26-20(25)23-10-9-15-16-11-13(21)5-8-17(16)22-18(15)19(23)12-3-6-14(24)7-4-12;1-11(24)23-9-8-15-16-10-14(21)6-7-17(16)22-18(15)19(23)12-2-4-13(20)5-3-12/h3-8,11-12,22,25H,2,9-10H2,1H3;3-8,11,20,22H,9-10H2,1-2H3;3-7,10-11,19,22H,8-9H2,1-2H3;3-8,11,19,22,24H,2,9-10H2,1H3;2-7,10,19,22H,8-9H2,1H3. The summed E-state index contributed by atoms with van der Waals surface area (Å²) < 4.78 is 35.5. The number of carbonyl (C=O) groups is 5. The average Bonchev–Trinajstić information content (AvgIpc) is 1.71. The summed E-state index contributed by atoms with van der Waals surface area (Å²) in [5.41, 5.74) is 20.6. The van der Waals surface area contributed by atoms with Gasteiger partial charge in [-0.3, -0.25) is 29.1 Å². The Morgan fingerprint density at radius 3 is 1.16 bits per heavy atom. The van der Waals surface area contributed by atoms with E-state index >= 15 is 0 Å². The van der Waals surface area contributed by atoms with Crippen LogP contribution < -0.4 is 14.9 Å². The van der Waals surface area contributed by atoms with Gasteiger partial charge in [-0.05, 0) is 248 Å². The fraction of sp³-hybridized carbons (Fsp3) is 0.235. The van der Waals surface area contributed by atoms with E-state index in [4.69, 9.17) is 62.9 Å². The van der Waals surface area contributed by atoms with Crippen LogP contribution in [0.2, 0.25) is 15.1 Å². The number of benzene rings is 10. The fourth-order valence-electron chi connectivity index (χ4n) is 18.9. The van der Waals surface area contributed by atoms with Crippen LogP contribution >= 0.6 is 82.6 Å². The zero-order chi connectivity index (χ0) is 91.7. The number of fused-ring (bicyclic) bond motifs is 16. The lowest BCUT2D eigenvalue weighted by molar-refractivity contribution is -0.131. The normalized spacial score (nSPS) is 16.6. The summed E-state index contributed by atoms with van der Waals surface area (Å²) in [7, 11) is 4.70. The molecule has 5 aliphatic heterocycles. The lowest BCUT2D eigenvalue weighted by Gasteiger charge is -2.35. The highest BCUT2D eigenvalue weighted by molar-refractivity contribution is 9.11. The molecule has 10 aromatic carbocycles. The number of hydrogen-bond donors (Lipinski definition) is 6. The van der Waals surface area contributed by atoms with E-state index in [0.29, 0.717) is 64.5 Å². The molecule has 0 aliphatic carbocycles. The molecule has 0 saturated carbocycles. The van der Waals surface area contributed by atoms with Gasteiger partial charge in [0.2, 0.25) is 11.8 Å². The smallest absolute Gasteiger partial charge is 0.410 e. The molecular formula is C102H92Br3Cl3N10O13. The molecule has 0 fully saturated rings. The van der Waals surface area contributed by atoms with E-state index in [1.807, 2.05) is 155 Å². The molecule has 16 aromatic rings. The van der Waals surface area contributed by atoms with Crippen molar-refractivity contribution in [3.63, 3.8) is 0 Å². The maximum atomic E-state index is 12.8. The molecular weight excluding hydrogens is 1920 g/mol. The van der Waals surface area contributed by atoms with Crippen molar-refractivity contribution in [1.29, 1.82) is 0 Å². The molecule has 5 atom stereocenters. The topological polar surface area (TPSA) is 277 Å². The van der Waals surface area contributed by atoms with Gasteiger partial charge in [-0.15, -0.1) is 0 Å². The molecule has 6 N–H and O–H groups in total. The van der Waals surface area contributed by atoms with Crippen molar-refractivity contribution >= 4 is 178 Å². The van der Waals surface area contributed by atoms with E-state index in [2.05, 4.69) is 109 Å². The summed E-state index contributed by atoms with van der Waals surface area (Å²) in [5, 5.41) is 17.8. The Kier molecular flexibility index (Phi) is 26.9. The number of phenols is 1. The minimum Gasteiger partial charge on any atom is -0.508 e. The predicted molar refractivity (Wildman–Crippen MR) is 522 cm³/mol. The molecule has 0 saturated heterocycles. The Labute approximate surface area is 794 Å². The van der Waals surface area contributed by atoms with Crippen molar-refractivity contribution in [3.8, 4) is 17.2 Å². The minimum atomic E-state index is -0.601. The summed E-state index contributed by atoms with van der Waals surface area (Å²) in [6, 6.07) is 67.9. The number of phenolic OH excluding ortho intramolecular Hbond substituents is 1. The Morgan fingerprint density at radius 1 is 0.382 bits per heavy atom. The van der Waals surface area contributed by atoms with Gasteiger partial charge in [-0.2, -0.15) is 0 Å². The average molecular weight is 2010 g/mol. The van der Waals surface area contributed by atoms with Crippen LogP contribution in [0.5, 0.6) is 17.2 Å². The first kappa shape index (κ1) is 90.5. The largest absolute Gasteiger partial charge is 0.508 e. The summed E-state index contributed by atoms with van der Waals surface area (Å²) in [6.45, 7) is 10.5. The second-order valence-corrected chi connectivity index (χ2v) is 36.4. The summed E-state index contributed by atoms with van der Waals surface area (Å²) in [6.07, 6.45) is 2.71. The van der Waals surface area contributed by atoms with Gasteiger partial charge in [0, 0.05) is 158 Å². The van der Waals surface area contributed by atoms with Gasteiger partial charge in [-0.25, -0.2) is 14.4 Å². The summed E-state index contributed by atoms with van der Waals surface area (Å²) in [4.78, 5) is 101. The molecule has 670 valence electrons. The highest BCUT2D eigenvalue weighted by Gasteiger charge is 2.42. The number of H-pyrrole nitrogens is 5. The fourth-order valence-corrected chi connectivity index (χ4v) is 20.4. The number of aromatic amines is 5. The molecule has 5 unspecified atom stereocenters. The van der Waals surface area contributed by atoms with E-state index in [-0.39, 0.29) is 66.0 Å². The number of amides is 5. The highest BCUT2D eigenvalue weighted by atomic mass is 79.9. The van der Waals surface area contributed by atoms with E-state index in [0.717, 1.165) is 164 Å². The van der Waals surface area contributed by atoms with Crippen LogP contribution in [0.3, 0.4) is 0 Å². The molecule has 29 heteroatoms. The third kappa shape index (κ3) is 18.3. The molecule has 0 bridgehead atoms. The Hall–Kier alpha value is -12.4. The second-order valence-electron chi connectivity index (χ2n) is 32.4. The van der Waals surface area contributed by atoms with Crippen LogP contribution in [0.25, 0.3) is 65.5 Å².